The summed E-state index contributed by atoms with van der Waals surface area (Å²) in [5, 5.41) is 3.56. The van der Waals surface area contributed by atoms with Gasteiger partial charge in [-0.05, 0) is 42.3 Å². The molecule has 16 heavy (non-hydrogen) atoms. The van der Waals surface area contributed by atoms with Crippen molar-refractivity contribution in [3.05, 3.63) is 24.2 Å². The van der Waals surface area contributed by atoms with Crippen molar-refractivity contribution < 1.29 is 4.42 Å². The lowest BCUT2D eigenvalue weighted by atomic mass is 10.0. The average molecular weight is 221 g/mol. The van der Waals surface area contributed by atoms with Crippen LogP contribution in [-0.4, -0.2) is 6.54 Å². The van der Waals surface area contributed by atoms with E-state index in [-0.39, 0.29) is 0 Å². The van der Waals surface area contributed by atoms with E-state index < -0.39 is 0 Å². The van der Waals surface area contributed by atoms with Gasteiger partial charge in [0.15, 0.2) is 0 Å². The highest BCUT2D eigenvalue weighted by atomic mass is 16.3. The topological polar surface area (TPSA) is 25.2 Å². The molecule has 2 rings (SSSR count). The summed E-state index contributed by atoms with van der Waals surface area (Å²) in [5.74, 6) is 1.79. The van der Waals surface area contributed by atoms with Crippen LogP contribution in [0.1, 0.15) is 46.4 Å². The molecule has 0 saturated heterocycles. The van der Waals surface area contributed by atoms with Crippen LogP contribution >= 0.6 is 0 Å². The zero-order valence-corrected chi connectivity index (χ0v) is 11.0. The van der Waals surface area contributed by atoms with Gasteiger partial charge >= 0.3 is 0 Å². The highest BCUT2D eigenvalue weighted by Crippen LogP contribution is 2.68. The molecule has 1 aromatic heterocycles. The maximum Gasteiger partial charge on any atom is 0.120 e. The van der Waals surface area contributed by atoms with Crippen molar-refractivity contribution in [2.75, 3.05) is 6.54 Å². The second-order valence-corrected chi connectivity index (χ2v) is 6.14. The van der Waals surface area contributed by atoms with Gasteiger partial charge < -0.3 is 9.73 Å². The Labute approximate surface area is 98.4 Å². The highest BCUT2D eigenvalue weighted by Gasteiger charge is 2.63. The summed E-state index contributed by atoms with van der Waals surface area (Å²) in [5.41, 5.74) is 0.922. The summed E-state index contributed by atoms with van der Waals surface area (Å²) < 4.78 is 5.39. The first kappa shape index (κ1) is 11.7. The molecule has 1 N–H and O–H groups in total. The minimum Gasteiger partial charge on any atom is -0.468 e. The zero-order chi connectivity index (χ0) is 12.0. The molecule has 1 atom stereocenters. The zero-order valence-electron chi connectivity index (χ0n) is 11.0. The molecule has 0 aromatic carbocycles. The van der Waals surface area contributed by atoms with Gasteiger partial charge in [-0.25, -0.2) is 0 Å². The molecule has 0 bridgehead atoms. The quantitative estimate of drug-likeness (QED) is 0.840. The summed E-state index contributed by atoms with van der Waals surface area (Å²) in [4.78, 5) is 0. The largest absolute Gasteiger partial charge is 0.468 e. The van der Waals surface area contributed by atoms with Crippen LogP contribution in [0, 0.1) is 16.7 Å². The Bertz CT molecular complexity index is 337. The smallest absolute Gasteiger partial charge is 0.120 e. The minimum absolute atomic E-state index is 0.308. The first-order chi connectivity index (χ1) is 7.37. The van der Waals surface area contributed by atoms with E-state index in [1.165, 1.54) is 0 Å². The van der Waals surface area contributed by atoms with Crippen molar-refractivity contribution in [1.29, 1.82) is 0 Å². The summed E-state index contributed by atoms with van der Waals surface area (Å²) in [7, 11) is 0. The molecule has 1 unspecified atom stereocenters. The van der Waals surface area contributed by atoms with E-state index in [0.29, 0.717) is 16.9 Å². The van der Waals surface area contributed by atoms with Crippen molar-refractivity contribution in [1.82, 2.24) is 5.32 Å². The number of hydrogen-bond acceptors (Lipinski definition) is 2. The predicted octanol–water partition coefficient (Wildman–Crippen LogP) is 3.61. The fraction of sp³-hybridized carbons (Fsp3) is 0.714. The van der Waals surface area contributed by atoms with Crippen molar-refractivity contribution in [3.8, 4) is 0 Å². The second kappa shape index (κ2) is 3.63. The van der Waals surface area contributed by atoms with Crippen molar-refractivity contribution in [2.45, 2.75) is 40.7 Å². The molecule has 0 radical (unpaired) electrons. The Morgan fingerprint density at radius 2 is 1.94 bits per heavy atom. The Balaban J connectivity index is 1.86. The third kappa shape index (κ3) is 1.69. The maximum atomic E-state index is 5.39. The lowest BCUT2D eigenvalue weighted by Gasteiger charge is -2.12. The van der Waals surface area contributed by atoms with E-state index in [1.807, 2.05) is 12.1 Å². The van der Waals surface area contributed by atoms with Crippen LogP contribution in [0.15, 0.2) is 22.8 Å². The molecule has 0 aliphatic heterocycles. The molecule has 1 aromatic rings. The molecule has 1 fully saturated rings. The molecule has 2 nitrogen and oxygen atoms in total. The number of furan rings is 1. The maximum absolute atomic E-state index is 5.39. The SMILES string of the molecule is CC(NCC1C(C)(C)C1(C)C)c1ccco1. The van der Waals surface area contributed by atoms with Crippen LogP contribution in [0.3, 0.4) is 0 Å². The van der Waals surface area contributed by atoms with Crippen LogP contribution in [0.25, 0.3) is 0 Å². The first-order valence-electron chi connectivity index (χ1n) is 6.14. The number of hydrogen-bond donors (Lipinski definition) is 1. The Morgan fingerprint density at radius 3 is 2.38 bits per heavy atom. The molecule has 0 spiro atoms. The van der Waals surface area contributed by atoms with Gasteiger partial charge in [-0.2, -0.15) is 0 Å². The van der Waals surface area contributed by atoms with E-state index in [4.69, 9.17) is 4.42 Å². The lowest BCUT2D eigenvalue weighted by Crippen LogP contribution is -2.22. The molecule has 2 heteroatoms. The standard InChI is InChI=1S/C14H23NO/c1-10(11-7-6-8-16-11)15-9-12-13(2,3)14(12,4)5/h6-8,10,12,15H,9H2,1-5H3. The van der Waals surface area contributed by atoms with Crippen LogP contribution < -0.4 is 5.32 Å². The van der Waals surface area contributed by atoms with E-state index in [2.05, 4.69) is 39.9 Å². The average Bonchev–Trinajstić information content (AvgIpc) is 2.66. The third-order valence-electron chi connectivity index (χ3n) is 4.92. The Hall–Kier alpha value is -0.760. The summed E-state index contributed by atoms with van der Waals surface area (Å²) >= 11 is 0. The van der Waals surface area contributed by atoms with Gasteiger partial charge in [0, 0.05) is 0 Å². The van der Waals surface area contributed by atoms with E-state index in [9.17, 15) is 0 Å². The second-order valence-electron chi connectivity index (χ2n) is 6.14. The summed E-state index contributed by atoms with van der Waals surface area (Å²) in [6.07, 6.45) is 1.73. The van der Waals surface area contributed by atoms with Gasteiger partial charge in [-0.15, -0.1) is 0 Å². The van der Waals surface area contributed by atoms with Gasteiger partial charge in [0.1, 0.15) is 5.76 Å². The monoisotopic (exact) mass is 221 g/mol. The molecule has 1 aliphatic carbocycles. The molecule has 1 aliphatic rings. The van der Waals surface area contributed by atoms with E-state index in [1.54, 1.807) is 6.26 Å². The van der Waals surface area contributed by atoms with Crippen LogP contribution in [0.2, 0.25) is 0 Å². The van der Waals surface area contributed by atoms with Crippen LogP contribution in [0.5, 0.6) is 0 Å². The molecule has 1 heterocycles. The molecular formula is C14H23NO. The van der Waals surface area contributed by atoms with E-state index >= 15 is 0 Å². The van der Waals surface area contributed by atoms with Crippen LogP contribution in [0.4, 0.5) is 0 Å². The highest BCUT2D eigenvalue weighted by molar-refractivity contribution is 5.13. The lowest BCUT2D eigenvalue weighted by molar-refractivity contribution is 0.411. The third-order valence-corrected chi connectivity index (χ3v) is 4.92. The Kier molecular flexibility index (Phi) is 2.66. The first-order valence-corrected chi connectivity index (χ1v) is 6.14. The molecular weight excluding hydrogens is 198 g/mol. The van der Waals surface area contributed by atoms with Gasteiger partial charge in [0.25, 0.3) is 0 Å². The number of rotatable bonds is 4. The van der Waals surface area contributed by atoms with E-state index in [0.717, 1.165) is 18.2 Å². The minimum atomic E-state index is 0.308. The normalized spacial score (nSPS) is 24.3. The van der Waals surface area contributed by atoms with Crippen molar-refractivity contribution in [3.63, 3.8) is 0 Å². The molecule has 90 valence electrons. The fourth-order valence-corrected chi connectivity index (χ4v) is 2.78. The fourth-order valence-electron chi connectivity index (χ4n) is 2.78. The number of nitrogens with one attached hydrogen (secondary N) is 1. The Morgan fingerprint density at radius 1 is 1.31 bits per heavy atom. The van der Waals surface area contributed by atoms with Gasteiger partial charge in [0.2, 0.25) is 0 Å². The van der Waals surface area contributed by atoms with Crippen LogP contribution in [-0.2, 0) is 0 Å². The van der Waals surface area contributed by atoms with Gasteiger partial charge in [0.05, 0.1) is 12.3 Å². The van der Waals surface area contributed by atoms with Gasteiger partial charge in [-0.3, -0.25) is 0 Å². The summed E-state index contributed by atoms with van der Waals surface area (Å²) in [6, 6.07) is 4.28. The molecule has 1 saturated carbocycles. The van der Waals surface area contributed by atoms with Crippen molar-refractivity contribution in [2.24, 2.45) is 16.7 Å². The van der Waals surface area contributed by atoms with Crippen molar-refractivity contribution >= 4 is 0 Å². The predicted molar refractivity (Wildman–Crippen MR) is 66.2 cm³/mol. The van der Waals surface area contributed by atoms with Gasteiger partial charge in [-0.1, -0.05) is 27.7 Å². The molecule has 0 amide bonds. The summed E-state index contributed by atoms with van der Waals surface area (Å²) in [6.45, 7) is 12.7.